The fourth-order valence-electron chi connectivity index (χ4n) is 3.43. The highest BCUT2D eigenvalue weighted by Gasteiger charge is 2.25. The van der Waals surface area contributed by atoms with Crippen LogP contribution in [0.3, 0.4) is 0 Å². The molecule has 1 fully saturated rings. The van der Waals surface area contributed by atoms with Gasteiger partial charge < -0.3 is 23.5 Å². The van der Waals surface area contributed by atoms with E-state index < -0.39 is 0 Å². The molecule has 0 aliphatic carbocycles. The maximum Gasteiger partial charge on any atom is 0.265 e. The average Bonchev–Trinajstić information content (AvgIpc) is 3.55. The van der Waals surface area contributed by atoms with Gasteiger partial charge in [-0.05, 0) is 42.7 Å². The summed E-state index contributed by atoms with van der Waals surface area (Å²) in [7, 11) is 1.60. The molecule has 0 N–H and O–H groups in total. The molecule has 1 amide bonds. The Morgan fingerprint density at radius 3 is 2.97 bits per heavy atom. The second kappa shape index (κ2) is 9.77. The summed E-state index contributed by atoms with van der Waals surface area (Å²) in [5.41, 5.74) is 2.62. The van der Waals surface area contributed by atoms with Crippen LogP contribution in [-0.4, -0.2) is 42.2 Å². The minimum Gasteiger partial charge on any atom is -0.493 e. The molecule has 1 aliphatic heterocycles. The molecule has 30 heavy (non-hydrogen) atoms. The third-order valence-electron chi connectivity index (χ3n) is 4.93. The number of nitrogens with zero attached hydrogens (tertiary/aromatic N) is 2. The summed E-state index contributed by atoms with van der Waals surface area (Å²) in [4.78, 5) is 19.5. The normalized spacial score (nSPS) is 15.8. The number of rotatable bonds is 9. The molecule has 1 aliphatic rings. The Morgan fingerprint density at radius 1 is 1.33 bits per heavy atom. The second-order valence-corrected chi connectivity index (χ2v) is 7.93. The number of benzene rings is 1. The Kier molecular flexibility index (Phi) is 6.66. The molecule has 1 aromatic carbocycles. The molecule has 8 heteroatoms. The Morgan fingerprint density at radius 2 is 2.27 bits per heavy atom. The van der Waals surface area contributed by atoms with Gasteiger partial charge in [0.05, 0.1) is 31.2 Å². The van der Waals surface area contributed by atoms with Crippen LogP contribution < -0.4 is 9.47 Å². The molecule has 0 radical (unpaired) electrons. The predicted octanol–water partition coefficient (Wildman–Crippen LogP) is 4.15. The van der Waals surface area contributed by atoms with E-state index in [9.17, 15) is 4.79 Å². The zero-order valence-electron chi connectivity index (χ0n) is 16.8. The first-order valence-corrected chi connectivity index (χ1v) is 10.7. The van der Waals surface area contributed by atoms with Gasteiger partial charge in [-0.3, -0.25) is 9.78 Å². The maximum absolute atomic E-state index is 13.1. The van der Waals surface area contributed by atoms with Crippen molar-refractivity contribution in [2.75, 3.05) is 20.3 Å². The summed E-state index contributed by atoms with van der Waals surface area (Å²) in [5, 5.41) is 0. The largest absolute Gasteiger partial charge is 0.493 e. The van der Waals surface area contributed by atoms with E-state index in [-0.39, 0.29) is 12.0 Å². The smallest absolute Gasteiger partial charge is 0.265 e. The van der Waals surface area contributed by atoms with E-state index in [4.69, 9.17) is 18.6 Å². The van der Waals surface area contributed by atoms with Crippen LogP contribution in [0.5, 0.6) is 11.5 Å². The van der Waals surface area contributed by atoms with Crippen molar-refractivity contribution in [3.05, 3.63) is 64.5 Å². The van der Waals surface area contributed by atoms with Gasteiger partial charge in [-0.2, -0.15) is 0 Å². The number of furan rings is 1. The van der Waals surface area contributed by atoms with Crippen molar-refractivity contribution < 1.29 is 23.4 Å². The van der Waals surface area contributed by atoms with Crippen LogP contribution >= 0.6 is 11.3 Å². The van der Waals surface area contributed by atoms with E-state index in [0.29, 0.717) is 36.1 Å². The van der Waals surface area contributed by atoms with E-state index in [1.807, 2.05) is 35.2 Å². The van der Waals surface area contributed by atoms with E-state index in [1.165, 1.54) is 11.3 Å². The van der Waals surface area contributed by atoms with Crippen LogP contribution in [0.4, 0.5) is 0 Å². The van der Waals surface area contributed by atoms with Gasteiger partial charge in [0.15, 0.2) is 11.5 Å². The Balaban J connectivity index is 1.52. The minimum absolute atomic E-state index is 0.0399. The predicted molar refractivity (Wildman–Crippen MR) is 112 cm³/mol. The number of hydrogen-bond donors (Lipinski definition) is 0. The summed E-state index contributed by atoms with van der Waals surface area (Å²) in [6.45, 7) is 2.04. The summed E-state index contributed by atoms with van der Waals surface area (Å²) in [6.07, 6.45) is 5.28. The monoisotopic (exact) mass is 428 g/mol. The molecule has 1 saturated heterocycles. The number of aromatic nitrogens is 1. The number of carbonyl (C=O) groups is 1. The maximum atomic E-state index is 13.1. The molecule has 2 aromatic heterocycles. The van der Waals surface area contributed by atoms with Gasteiger partial charge in [0.1, 0.15) is 17.2 Å². The van der Waals surface area contributed by atoms with Crippen molar-refractivity contribution in [1.29, 1.82) is 0 Å². The first kappa shape index (κ1) is 20.4. The highest BCUT2D eigenvalue weighted by Crippen LogP contribution is 2.30. The summed E-state index contributed by atoms with van der Waals surface area (Å²) in [5.74, 6) is 1.92. The van der Waals surface area contributed by atoms with Gasteiger partial charge >= 0.3 is 0 Å². The molecule has 158 valence electrons. The quantitative estimate of drug-likeness (QED) is 0.510. The molecule has 7 nitrogen and oxygen atoms in total. The molecule has 0 spiro atoms. The van der Waals surface area contributed by atoms with Gasteiger partial charge in [-0.15, -0.1) is 11.3 Å². The lowest BCUT2D eigenvalue weighted by Crippen LogP contribution is -2.36. The van der Waals surface area contributed by atoms with Crippen molar-refractivity contribution in [1.82, 2.24) is 9.88 Å². The first-order chi connectivity index (χ1) is 14.7. The number of amides is 1. The number of ether oxygens (including phenoxy) is 3. The van der Waals surface area contributed by atoms with Crippen LogP contribution in [0.1, 0.15) is 33.8 Å². The van der Waals surface area contributed by atoms with Crippen molar-refractivity contribution in [3.8, 4) is 11.5 Å². The second-order valence-electron chi connectivity index (χ2n) is 7.04. The van der Waals surface area contributed by atoms with Gasteiger partial charge in [-0.1, -0.05) is 6.07 Å². The van der Waals surface area contributed by atoms with Gasteiger partial charge in [0.2, 0.25) is 0 Å². The van der Waals surface area contributed by atoms with Crippen molar-refractivity contribution >= 4 is 17.2 Å². The summed E-state index contributed by atoms with van der Waals surface area (Å²) < 4.78 is 22.4. The fraction of sp³-hybridized carbons (Fsp3) is 0.364. The van der Waals surface area contributed by atoms with Crippen LogP contribution in [-0.2, 0) is 17.9 Å². The lowest BCUT2D eigenvalue weighted by atomic mass is 10.1. The number of methoxy groups -OCH3 is 1. The molecule has 1 unspecified atom stereocenters. The standard InChI is InChI=1S/C22H24N2O5S/c1-26-19-7-6-16(10-20(19)29-14-18-5-3-9-28-18)12-24(13-17-4-2-8-27-17)22(25)21-11-23-15-30-21/h3,5-7,9-11,15,17H,2,4,8,12-14H2,1H3. The summed E-state index contributed by atoms with van der Waals surface area (Å²) in [6, 6.07) is 9.38. The molecular weight excluding hydrogens is 404 g/mol. The van der Waals surface area contributed by atoms with E-state index in [0.717, 1.165) is 30.8 Å². The highest BCUT2D eigenvalue weighted by molar-refractivity contribution is 7.11. The third kappa shape index (κ3) is 5.01. The first-order valence-electron chi connectivity index (χ1n) is 9.84. The van der Waals surface area contributed by atoms with Crippen LogP contribution in [0.2, 0.25) is 0 Å². The fourth-order valence-corrected chi connectivity index (χ4v) is 4.01. The Hall–Kier alpha value is -2.84. The van der Waals surface area contributed by atoms with Gasteiger partial charge in [-0.25, -0.2) is 0 Å². The van der Waals surface area contributed by atoms with Crippen LogP contribution in [0.15, 0.2) is 52.7 Å². The Bertz CT molecular complexity index is 937. The molecule has 3 heterocycles. The van der Waals surface area contributed by atoms with Gasteiger partial charge in [0.25, 0.3) is 5.91 Å². The lowest BCUT2D eigenvalue weighted by molar-refractivity contribution is 0.0510. The molecular formula is C22H24N2O5S. The topological polar surface area (TPSA) is 74.0 Å². The molecule has 3 aromatic rings. The SMILES string of the molecule is COc1ccc(CN(CC2CCCO2)C(=O)c2cncs2)cc1OCc1ccco1. The van der Waals surface area contributed by atoms with Gasteiger partial charge in [0, 0.05) is 19.7 Å². The van der Waals surface area contributed by atoms with E-state index in [2.05, 4.69) is 4.98 Å². The zero-order valence-corrected chi connectivity index (χ0v) is 17.6. The van der Waals surface area contributed by atoms with Crippen molar-refractivity contribution in [2.24, 2.45) is 0 Å². The molecule has 4 rings (SSSR count). The molecule has 1 atom stereocenters. The number of hydrogen-bond acceptors (Lipinski definition) is 7. The number of thiazole rings is 1. The molecule has 0 saturated carbocycles. The van der Waals surface area contributed by atoms with Crippen LogP contribution in [0, 0.1) is 0 Å². The highest BCUT2D eigenvalue weighted by atomic mass is 32.1. The van der Waals surface area contributed by atoms with Crippen molar-refractivity contribution in [3.63, 3.8) is 0 Å². The summed E-state index contributed by atoms with van der Waals surface area (Å²) >= 11 is 1.35. The van der Waals surface area contributed by atoms with E-state index >= 15 is 0 Å². The van der Waals surface area contributed by atoms with Crippen LogP contribution in [0.25, 0.3) is 0 Å². The Labute approximate surface area is 179 Å². The van der Waals surface area contributed by atoms with E-state index in [1.54, 1.807) is 25.1 Å². The third-order valence-corrected chi connectivity index (χ3v) is 5.69. The zero-order chi connectivity index (χ0) is 20.8. The minimum atomic E-state index is -0.0399. The number of carbonyl (C=O) groups excluding carboxylic acids is 1. The molecule has 0 bridgehead atoms. The lowest BCUT2D eigenvalue weighted by Gasteiger charge is -2.25. The average molecular weight is 429 g/mol. The van der Waals surface area contributed by atoms with Crippen molar-refractivity contribution in [2.45, 2.75) is 32.1 Å².